The van der Waals surface area contributed by atoms with Crippen LogP contribution in [0.25, 0.3) is 0 Å². The van der Waals surface area contributed by atoms with E-state index in [1.54, 1.807) is 0 Å². The number of methoxy groups -OCH3 is 2. The molecule has 1 aliphatic rings. The van der Waals surface area contributed by atoms with Crippen LogP contribution in [-0.2, 0) is 28.5 Å². The van der Waals surface area contributed by atoms with Gasteiger partial charge in [0.15, 0.2) is 12.6 Å². The number of carboxylic acid groups (broad SMARTS) is 1. The molecule has 0 radical (unpaired) electrons. The van der Waals surface area contributed by atoms with Crippen LogP contribution in [0, 0.1) is 5.92 Å². The fraction of sp³-hybridized carbons (Fsp3) is 0.882. The van der Waals surface area contributed by atoms with Gasteiger partial charge in [0.05, 0.1) is 18.6 Å². The van der Waals surface area contributed by atoms with Crippen molar-refractivity contribution in [2.45, 2.75) is 69.1 Å². The molecule has 13 heteroatoms. The van der Waals surface area contributed by atoms with Gasteiger partial charge in [-0.1, -0.05) is 0 Å². The molecule has 13 nitrogen and oxygen atoms in total. The second-order valence-electron chi connectivity index (χ2n) is 6.98. The Kier molecular flexibility index (Phi) is 10.5. The van der Waals surface area contributed by atoms with Crippen LogP contribution in [0.5, 0.6) is 0 Å². The molecule has 0 aliphatic carbocycles. The fourth-order valence-corrected chi connectivity index (χ4v) is 3.20. The number of rotatable bonds is 11. The minimum Gasteiger partial charge on any atom is -0.481 e. The minimum atomic E-state index is -2.13. The average molecular weight is 441 g/mol. The normalized spacial score (nSPS) is 32.0. The van der Waals surface area contributed by atoms with Crippen molar-refractivity contribution in [1.82, 2.24) is 5.32 Å². The lowest BCUT2D eigenvalue weighted by Gasteiger charge is -2.44. The van der Waals surface area contributed by atoms with Crippen LogP contribution in [0.3, 0.4) is 0 Å². The van der Waals surface area contributed by atoms with Crippen LogP contribution in [-0.4, -0.2) is 119 Å². The standard InChI is InChI=1S/C17H31NO12/c1-6(15(24)25)13(27-3)11(22)12(23)16(26)30-14-9(18-7(2)20)17(28-4)29-8(5-19)10(14)21/h6,8-14,16-17,19,21-23,26H,5H2,1-4H3,(H,18,20)(H,24,25)/t6?,8?,9-,10+,11?,12-,13+,14?,16?,17?/m0/s1. The van der Waals surface area contributed by atoms with Gasteiger partial charge >= 0.3 is 5.97 Å². The van der Waals surface area contributed by atoms with Gasteiger partial charge < -0.3 is 54.9 Å². The molecule has 7 N–H and O–H groups in total. The Hall–Kier alpha value is -1.42. The molecular formula is C17H31NO12. The Labute approximate surface area is 173 Å². The first-order valence-corrected chi connectivity index (χ1v) is 9.19. The summed E-state index contributed by atoms with van der Waals surface area (Å²) in [5.74, 6) is -3.08. The second-order valence-corrected chi connectivity index (χ2v) is 6.98. The third kappa shape index (κ3) is 6.29. The number of carboxylic acids is 1. The Bertz CT molecular complexity index is 563. The number of ether oxygens (including phenoxy) is 4. The van der Waals surface area contributed by atoms with Crippen molar-refractivity contribution in [3.63, 3.8) is 0 Å². The minimum absolute atomic E-state index is 0.543. The first kappa shape index (κ1) is 26.6. The average Bonchev–Trinajstić information content (AvgIpc) is 2.69. The summed E-state index contributed by atoms with van der Waals surface area (Å²) < 4.78 is 20.7. The summed E-state index contributed by atoms with van der Waals surface area (Å²) in [6.07, 6.45) is -12.8. The number of amides is 1. The van der Waals surface area contributed by atoms with Crippen molar-refractivity contribution in [3.05, 3.63) is 0 Å². The van der Waals surface area contributed by atoms with Crippen molar-refractivity contribution < 1.29 is 59.2 Å². The molecule has 1 saturated heterocycles. The van der Waals surface area contributed by atoms with Crippen molar-refractivity contribution in [2.24, 2.45) is 5.92 Å². The summed E-state index contributed by atoms with van der Waals surface area (Å²) in [5, 5.41) is 62.2. The van der Waals surface area contributed by atoms with Gasteiger partial charge in [0, 0.05) is 21.1 Å². The molecular weight excluding hydrogens is 410 g/mol. The smallest absolute Gasteiger partial charge is 0.308 e. The van der Waals surface area contributed by atoms with E-state index in [0.717, 1.165) is 7.11 Å². The molecule has 0 aromatic carbocycles. The number of carbonyl (C=O) groups is 2. The van der Waals surface area contributed by atoms with E-state index in [9.17, 15) is 35.1 Å². The van der Waals surface area contributed by atoms with E-state index in [2.05, 4.69) is 5.32 Å². The largest absolute Gasteiger partial charge is 0.481 e. The van der Waals surface area contributed by atoms with Crippen molar-refractivity contribution in [2.75, 3.05) is 20.8 Å². The van der Waals surface area contributed by atoms with Crippen molar-refractivity contribution in [1.29, 1.82) is 0 Å². The topological polar surface area (TPSA) is 204 Å². The zero-order valence-electron chi connectivity index (χ0n) is 17.1. The third-order valence-electron chi connectivity index (χ3n) is 4.89. The fourth-order valence-electron chi connectivity index (χ4n) is 3.20. The Morgan fingerprint density at radius 2 is 1.77 bits per heavy atom. The van der Waals surface area contributed by atoms with E-state index < -0.39 is 79.6 Å². The van der Waals surface area contributed by atoms with Crippen molar-refractivity contribution >= 4 is 11.9 Å². The molecule has 1 heterocycles. The third-order valence-corrected chi connectivity index (χ3v) is 4.89. The maximum absolute atomic E-state index is 11.5. The lowest BCUT2D eigenvalue weighted by molar-refractivity contribution is -0.305. The van der Waals surface area contributed by atoms with Crippen LogP contribution < -0.4 is 5.32 Å². The summed E-state index contributed by atoms with van der Waals surface area (Å²) in [5.41, 5.74) is 0. The number of aliphatic hydroxyl groups excluding tert-OH is 5. The lowest BCUT2D eigenvalue weighted by atomic mass is 9.94. The molecule has 0 aromatic heterocycles. The summed E-state index contributed by atoms with van der Waals surface area (Å²) in [6.45, 7) is 1.78. The Balaban J connectivity index is 3.04. The SMILES string of the molecule is COC1OC(CO)[C@@H](O)C(OC(O)[C@@H](O)C(O)[C@H](OC)C(C)C(=O)O)[C@@H]1NC(C)=O. The molecule has 0 spiro atoms. The summed E-state index contributed by atoms with van der Waals surface area (Å²) in [6, 6.07) is -1.15. The number of aliphatic carboxylic acids is 1. The Morgan fingerprint density at radius 1 is 1.17 bits per heavy atom. The number of aliphatic hydroxyl groups is 5. The van der Waals surface area contributed by atoms with Crippen LogP contribution in [0.2, 0.25) is 0 Å². The first-order valence-electron chi connectivity index (χ1n) is 9.19. The molecule has 0 saturated carbocycles. The van der Waals surface area contributed by atoms with Gasteiger partial charge in [0.25, 0.3) is 0 Å². The molecule has 1 fully saturated rings. The van der Waals surface area contributed by atoms with E-state index in [4.69, 9.17) is 24.1 Å². The van der Waals surface area contributed by atoms with Gasteiger partial charge in [-0.15, -0.1) is 0 Å². The quantitative estimate of drug-likeness (QED) is 0.155. The van der Waals surface area contributed by atoms with Crippen LogP contribution in [0.4, 0.5) is 0 Å². The zero-order chi connectivity index (χ0) is 23.2. The van der Waals surface area contributed by atoms with Crippen LogP contribution in [0.1, 0.15) is 13.8 Å². The van der Waals surface area contributed by atoms with E-state index >= 15 is 0 Å². The second kappa shape index (κ2) is 11.8. The number of nitrogens with one attached hydrogen (secondary N) is 1. The van der Waals surface area contributed by atoms with Crippen LogP contribution >= 0.6 is 0 Å². The maximum Gasteiger partial charge on any atom is 0.308 e. The van der Waals surface area contributed by atoms with E-state index in [1.165, 1.54) is 21.0 Å². The molecule has 1 rings (SSSR count). The Morgan fingerprint density at radius 3 is 2.20 bits per heavy atom. The molecule has 30 heavy (non-hydrogen) atoms. The highest BCUT2D eigenvalue weighted by Gasteiger charge is 2.49. The van der Waals surface area contributed by atoms with Crippen LogP contribution in [0.15, 0.2) is 0 Å². The number of carbonyl (C=O) groups excluding carboxylic acids is 1. The van der Waals surface area contributed by atoms with Gasteiger partial charge in [-0.2, -0.15) is 0 Å². The first-order chi connectivity index (χ1) is 14.0. The van der Waals surface area contributed by atoms with Gasteiger partial charge in [0.1, 0.15) is 36.6 Å². The lowest BCUT2D eigenvalue weighted by Crippen LogP contribution is -2.66. The number of hydrogen-bond donors (Lipinski definition) is 7. The molecule has 0 aromatic rings. The molecule has 6 unspecified atom stereocenters. The van der Waals surface area contributed by atoms with E-state index in [1.807, 2.05) is 0 Å². The van der Waals surface area contributed by atoms with E-state index in [0.29, 0.717) is 0 Å². The van der Waals surface area contributed by atoms with Gasteiger partial charge in [0.2, 0.25) is 5.91 Å². The highest BCUT2D eigenvalue weighted by atomic mass is 16.7. The molecule has 1 amide bonds. The summed E-state index contributed by atoms with van der Waals surface area (Å²) in [7, 11) is 2.37. The van der Waals surface area contributed by atoms with Gasteiger partial charge in [-0.25, -0.2) is 0 Å². The number of hydrogen-bond acceptors (Lipinski definition) is 11. The predicted molar refractivity (Wildman–Crippen MR) is 96.9 cm³/mol. The van der Waals surface area contributed by atoms with Gasteiger partial charge in [-0.3, -0.25) is 9.59 Å². The van der Waals surface area contributed by atoms with E-state index in [-0.39, 0.29) is 0 Å². The molecule has 0 bridgehead atoms. The summed E-state index contributed by atoms with van der Waals surface area (Å²) in [4.78, 5) is 22.7. The highest BCUT2D eigenvalue weighted by Crippen LogP contribution is 2.26. The predicted octanol–water partition coefficient (Wildman–Crippen LogP) is -3.62. The highest BCUT2D eigenvalue weighted by molar-refractivity contribution is 5.73. The van der Waals surface area contributed by atoms with Gasteiger partial charge in [-0.05, 0) is 6.92 Å². The maximum atomic E-state index is 11.5. The van der Waals surface area contributed by atoms with Crippen molar-refractivity contribution in [3.8, 4) is 0 Å². The monoisotopic (exact) mass is 441 g/mol. The summed E-state index contributed by atoms with van der Waals surface area (Å²) >= 11 is 0. The molecule has 1 aliphatic heterocycles. The zero-order valence-corrected chi connectivity index (χ0v) is 17.1. The molecule has 176 valence electrons. The molecule has 10 atom stereocenters.